The van der Waals surface area contributed by atoms with Gasteiger partial charge in [-0.1, -0.05) is 47.7 Å². The Morgan fingerprint density at radius 3 is 2.48 bits per heavy atom. The Labute approximate surface area is 171 Å². The zero-order valence-corrected chi connectivity index (χ0v) is 17.9. The summed E-state index contributed by atoms with van der Waals surface area (Å²) in [6.07, 6.45) is 0. The third kappa shape index (κ3) is 4.78. The van der Waals surface area contributed by atoms with Crippen LogP contribution in [0.15, 0.2) is 52.1 Å². The number of benzene rings is 2. The summed E-state index contributed by atoms with van der Waals surface area (Å²) in [5, 5.41) is 12.3. The van der Waals surface area contributed by atoms with Crippen LogP contribution in [-0.4, -0.2) is 26.4 Å². The van der Waals surface area contributed by atoms with Crippen LogP contribution in [0.4, 0.5) is 5.69 Å². The molecule has 0 saturated carbocycles. The fourth-order valence-corrected chi connectivity index (χ4v) is 4.03. The van der Waals surface area contributed by atoms with Crippen LogP contribution < -0.4 is 5.32 Å². The van der Waals surface area contributed by atoms with Gasteiger partial charge in [0.2, 0.25) is 5.91 Å². The van der Waals surface area contributed by atoms with Crippen LogP contribution in [0, 0.1) is 13.8 Å². The molecule has 3 aromatic rings. The van der Waals surface area contributed by atoms with E-state index in [-0.39, 0.29) is 11.7 Å². The molecule has 0 atom stereocenters. The number of aryl methyl sites for hydroxylation is 2. The number of nitrogens with one attached hydrogen (secondary N) is 1. The van der Waals surface area contributed by atoms with E-state index >= 15 is 0 Å². The average molecular weight is 445 g/mol. The number of carbonyl (C=O) groups excluding carboxylic acids is 1. The van der Waals surface area contributed by atoms with Gasteiger partial charge in [0.1, 0.15) is 0 Å². The van der Waals surface area contributed by atoms with E-state index in [0.717, 1.165) is 38.8 Å². The van der Waals surface area contributed by atoms with Crippen molar-refractivity contribution in [1.82, 2.24) is 14.8 Å². The first-order valence-corrected chi connectivity index (χ1v) is 10.4. The van der Waals surface area contributed by atoms with Gasteiger partial charge in [-0.15, -0.1) is 10.2 Å². The van der Waals surface area contributed by atoms with Crippen LogP contribution in [0.5, 0.6) is 0 Å². The molecule has 0 aliphatic carbocycles. The minimum Gasteiger partial charge on any atom is -0.324 e. The van der Waals surface area contributed by atoms with Crippen LogP contribution in [0.1, 0.15) is 18.1 Å². The van der Waals surface area contributed by atoms with Crippen molar-refractivity contribution in [3.63, 3.8) is 0 Å². The molecule has 1 N–H and O–H groups in total. The zero-order valence-electron chi connectivity index (χ0n) is 15.5. The summed E-state index contributed by atoms with van der Waals surface area (Å²) < 4.78 is 2.91. The number of hydrogen-bond acceptors (Lipinski definition) is 4. The van der Waals surface area contributed by atoms with Gasteiger partial charge < -0.3 is 9.88 Å². The quantitative estimate of drug-likeness (QED) is 0.538. The molecule has 0 fully saturated rings. The lowest BCUT2D eigenvalue weighted by Gasteiger charge is -2.09. The Hall–Kier alpha value is -2.12. The smallest absolute Gasteiger partial charge is 0.234 e. The van der Waals surface area contributed by atoms with Crippen molar-refractivity contribution in [3.8, 4) is 11.4 Å². The second-order valence-corrected chi connectivity index (χ2v) is 8.03. The van der Waals surface area contributed by atoms with Gasteiger partial charge in [0.15, 0.2) is 11.0 Å². The van der Waals surface area contributed by atoms with Crippen molar-refractivity contribution < 1.29 is 4.79 Å². The standard InChI is InChI=1S/C20H21BrN4OS/c1-4-25-19(15-8-5-13(2)6-9-15)23-24-20(25)27-12-18(26)22-17-10-7-14(3)11-16(17)21/h5-11H,4,12H2,1-3H3,(H,22,26). The predicted molar refractivity (Wildman–Crippen MR) is 114 cm³/mol. The molecule has 0 saturated heterocycles. The lowest BCUT2D eigenvalue weighted by molar-refractivity contribution is -0.113. The van der Waals surface area contributed by atoms with Crippen LogP contribution >= 0.6 is 27.7 Å². The molecular formula is C20H21BrN4OS. The minimum absolute atomic E-state index is 0.0768. The van der Waals surface area contributed by atoms with Gasteiger partial charge in [-0.25, -0.2) is 0 Å². The number of amides is 1. The number of halogens is 1. The van der Waals surface area contributed by atoms with E-state index in [1.54, 1.807) is 0 Å². The predicted octanol–water partition coefficient (Wildman–Crippen LogP) is 5.08. The van der Waals surface area contributed by atoms with Crippen molar-refractivity contribution in [1.29, 1.82) is 0 Å². The van der Waals surface area contributed by atoms with Crippen molar-refractivity contribution in [2.24, 2.45) is 0 Å². The highest BCUT2D eigenvalue weighted by molar-refractivity contribution is 9.10. The number of nitrogens with zero attached hydrogens (tertiary/aromatic N) is 3. The number of hydrogen-bond donors (Lipinski definition) is 1. The number of anilines is 1. The summed E-state index contributed by atoms with van der Waals surface area (Å²) in [6.45, 7) is 6.86. The highest BCUT2D eigenvalue weighted by Crippen LogP contribution is 2.26. The van der Waals surface area contributed by atoms with Crippen molar-refractivity contribution >= 4 is 39.3 Å². The summed E-state index contributed by atoms with van der Waals surface area (Å²) in [5.74, 6) is 1.01. The Kier molecular flexibility index (Phi) is 6.34. The fraction of sp³-hybridized carbons (Fsp3) is 0.250. The highest BCUT2D eigenvalue weighted by atomic mass is 79.9. The van der Waals surface area contributed by atoms with Gasteiger partial charge >= 0.3 is 0 Å². The van der Waals surface area contributed by atoms with Crippen LogP contribution in [0.2, 0.25) is 0 Å². The molecular weight excluding hydrogens is 424 g/mol. The maximum Gasteiger partial charge on any atom is 0.234 e. The molecule has 0 radical (unpaired) electrons. The first-order chi connectivity index (χ1) is 13.0. The van der Waals surface area contributed by atoms with E-state index in [4.69, 9.17) is 0 Å². The second-order valence-electron chi connectivity index (χ2n) is 6.24. The fourth-order valence-electron chi connectivity index (χ4n) is 2.63. The third-order valence-electron chi connectivity index (χ3n) is 4.07. The molecule has 140 valence electrons. The molecule has 7 heteroatoms. The molecule has 0 bridgehead atoms. The molecule has 0 aliphatic heterocycles. The van der Waals surface area contributed by atoms with Crippen molar-refractivity contribution in [3.05, 3.63) is 58.1 Å². The van der Waals surface area contributed by atoms with Gasteiger partial charge in [-0.2, -0.15) is 0 Å². The van der Waals surface area contributed by atoms with E-state index in [1.807, 2.05) is 41.8 Å². The van der Waals surface area contributed by atoms with Gasteiger partial charge in [-0.05, 0) is 54.4 Å². The second kappa shape index (κ2) is 8.71. The molecule has 2 aromatic carbocycles. The summed E-state index contributed by atoms with van der Waals surface area (Å²) in [4.78, 5) is 12.3. The van der Waals surface area contributed by atoms with E-state index in [0.29, 0.717) is 0 Å². The molecule has 3 rings (SSSR count). The Morgan fingerprint density at radius 2 is 1.81 bits per heavy atom. The van der Waals surface area contributed by atoms with Gasteiger partial charge in [0, 0.05) is 16.6 Å². The van der Waals surface area contributed by atoms with Gasteiger partial charge in [-0.3, -0.25) is 4.79 Å². The third-order valence-corrected chi connectivity index (χ3v) is 5.70. The van der Waals surface area contributed by atoms with Crippen LogP contribution in [0.25, 0.3) is 11.4 Å². The molecule has 5 nitrogen and oxygen atoms in total. The van der Waals surface area contributed by atoms with Crippen molar-refractivity contribution in [2.45, 2.75) is 32.5 Å². The Balaban J connectivity index is 1.69. The van der Waals surface area contributed by atoms with E-state index < -0.39 is 0 Å². The number of thioether (sulfide) groups is 1. The van der Waals surface area contributed by atoms with Gasteiger partial charge in [0.25, 0.3) is 0 Å². The number of carbonyl (C=O) groups is 1. The van der Waals surface area contributed by atoms with Crippen LogP contribution in [-0.2, 0) is 11.3 Å². The molecule has 0 spiro atoms. The van der Waals surface area contributed by atoms with Crippen LogP contribution in [0.3, 0.4) is 0 Å². The first kappa shape index (κ1) is 19.6. The monoisotopic (exact) mass is 444 g/mol. The highest BCUT2D eigenvalue weighted by Gasteiger charge is 2.15. The Bertz CT molecular complexity index is 953. The molecule has 0 aliphatic rings. The van der Waals surface area contributed by atoms with Gasteiger partial charge in [0.05, 0.1) is 11.4 Å². The summed E-state index contributed by atoms with van der Waals surface area (Å²) in [7, 11) is 0. The number of rotatable bonds is 6. The SMILES string of the molecule is CCn1c(SCC(=O)Nc2ccc(C)cc2Br)nnc1-c1ccc(C)cc1. The summed E-state index contributed by atoms with van der Waals surface area (Å²) in [6, 6.07) is 14.0. The molecule has 1 heterocycles. The normalized spacial score (nSPS) is 10.8. The summed E-state index contributed by atoms with van der Waals surface area (Å²) in [5.41, 5.74) is 4.13. The van der Waals surface area contributed by atoms with E-state index in [2.05, 4.69) is 57.4 Å². The molecule has 0 unspecified atom stereocenters. The maximum absolute atomic E-state index is 12.3. The first-order valence-electron chi connectivity index (χ1n) is 8.67. The molecule has 1 aromatic heterocycles. The lowest BCUT2D eigenvalue weighted by atomic mass is 10.1. The lowest BCUT2D eigenvalue weighted by Crippen LogP contribution is -2.15. The average Bonchev–Trinajstić information content (AvgIpc) is 3.06. The number of aromatic nitrogens is 3. The molecule has 1 amide bonds. The minimum atomic E-state index is -0.0768. The maximum atomic E-state index is 12.3. The molecule has 27 heavy (non-hydrogen) atoms. The van der Waals surface area contributed by atoms with E-state index in [1.165, 1.54) is 17.3 Å². The largest absolute Gasteiger partial charge is 0.324 e. The van der Waals surface area contributed by atoms with E-state index in [9.17, 15) is 4.79 Å². The van der Waals surface area contributed by atoms with Crippen molar-refractivity contribution in [2.75, 3.05) is 11.1 Å². The summed E-state index contributed by atoms with van der Waals surface area (Å²) >= 11 is 4.87. The zero-order chi connectivity index (χ0) is 19.4. The Morgan fingerprint density at radius 1 is 1.11 bits per heavy atom. The topological polar surface area (TPSA) is 59.8 Å².